The van der Waals surface area contributed by atoms with Crippen LogP contribution in [0, 0.1) is 18.3 Å². The van der Waals surface area contributed by atoms with E-state index in [0.717, 1.165) is 31.2 Å². The minimum absolute atomic E-state index is 0.122. The number of rotatable bonds is 2. The van der Waals surface area contributed by atoms with Crippen LogP contribution in [-0.4, -0.2) is 34.8 Å². The quantitative estimate of drug-likeness (QED) is 0.865. The van der Waals surface area contributed by atoms with Crippen molar-refractivity contribution in [2.75, 3.05) is 24.6 Å². The molecule has 1 N–H and O–H groups in total. The molecular formula is C14H21N3O. The normalized spacial score (nSPS) is 31.4. The van der Waals surface area contributed by atoms with Gasteiger partial charge in [-0.05, 0) is 31.7 Å². The lowest BCUT2D eigenvalue weighted by molar-refractivity contribution is 0.0626. The number of anilines is 1. The number of nitrogens with zero attached hydrogens (tertiary/aromatic N) is 3. The Morgan fingerprint density at radius 1 is 1.50 bits per heavy atom. The lowest BCUT2D eigenvalue weighted by atomic mass is 9.69. The Bertz CT molecular complexity index is 437. The molecular weight excluding hydrogens is 226 g/mol. The molecule has 0 amide bonds. The van der Waals surface area contributed by atoms with Crippen LogP contribution >= 0.6 is 0 Å². The molecule has 18 heavy (non-hydrogen) atoms. The highest BCUT2D eigenvalue weighted by Gasteiger charge is 2.47. The first-order valence-corrected chi connectivity index (χ1v) is 6.89. The summed E-state index contributed by atoms with van der Waals surface area (Å²) in [6, 6.07) is 1.98. The standard InChI is InChI=1S/C14H21N3O/c1-11-15-7-5-13(16-11)17-8-12-4-2-3-6-14(12,9-17)10-18/h5,7,12,18H,2-4,6,8-10H2,1H3. The fourth-order valence-electron chi connectivity index (χ4n) is 3.63. The van der Waals surface area contributed by atoms with E-state index in [4.69, 9.17) is 0 Å². The first-order valence-electron chi connectivity index (χ1n) is 6.89. The number of aliphatic hydroxyl groups excluding tert-OH is 1. The number of fused-ring (bicyclic) bond motifs is 1. The number of hydrogen-bond acceptors (Lipinski definition) is 4. The van der Waals surface area contributed by atoms with Gasteiger partial charge in [0.25, 0.3) is 0 Å². The summed E-state index contributed by atoms with van der Waals surface area (Å²) >= 11 is 0. The number of aromatic nitrogens is 2. The predicted octanol–water partition coefficient (Wildman–Crippen LogP) is 1.77. The molecule has 1 aromatic rings. The maximum absolute atomic E-state index is 9.81. The predicted molar refractivity (Wildman–Crippen MR) is 70.5 cm³/mol. The van der Waals surface area contributed by atoms with Crippen LogP contribution in [-0.2, 0) is 0 Å². The molecule has 3 rings (SSSR count). The summed E-state index contributed by atoms with van der Waals surface area (Å²) in [7, 11) is 0. The highest BCUT2D eigenvalue weighted by Crippen LogP contribution is 2.47. The largest absolute Gasteiger partial charge is 0.396 e. The molecule has 2 unspecified atom stereocenters. The molecule has 1 aliphatic heterocycles. The maximum Gasteiger partial charge on any atom is 0.132 e. The fraction of sp³-hybridized carbons (Fsp3) is 0.714. The summed E-state index contributed by atoms with van der Waals surface area (Å²) in [6.07, 6.45) is 6.80. The van der Waals surface area contributed by atoms with Crippen molar-refractivity contribution in [2.24, 2.45) is 11.3 Å². The fourth-order valence-corrected chi connectivity index (χ4v) is 3.63. The summed E-state index contributed by atoms with van der Waals surface area (Å²) in [4.78, 5) is 11.0. The van der Waals surface area contributed by atoms with E-state index in [-0.39, 0.29) is 5.41 Å². The third-order valence-electron chi connectivity index (χ3n) is 4.69. The second kappa shape index (κ2) is 4.50. The molecule has 2 aliphatic rings. The second-order valence-electron chi connectivity index (χ2n) is 5.81. The Kier molecular flexibility index (Phi) is 2.98. The van der Waals surface area contributed by atoms with Crippen molar-refractivity contribution >= 4 is 5.82 Å². The van der Waals surface area contributed by atoms with E-state index in [1.165, 1.54) is 19.3 Å². The summed E-state index contributed by atoms with van der Waals surface area (Å²) in [5.74, 6) is 2.47. The summed E-state index contributed by atoms with van der Waals surface area (Å²) in [5, 5.41) is 9.81. The molecule has 0 radical (unpaired) electrons. The van der Waals surface area contributed by atoms with Gasteiger partial charge in [-0.25, -0.2) is 9.97 Å². The molecule has 1 saturated carbocycles. The SMILES string of the molecule is Cc1nccc(N2CC3CCCCC3(CO)C2)n1. The van der Waals surface area contributed by atoms with E-state index in [1.54, 1.807) is 0 Å². The zero-order valence-corrected chi connectivity index (χ0v) is 11.0. The van der Waals surface area contributed by atoms with E-state index < -0.39 is 0 Å². The van der Waals surface area contributed by atoms with Crippen molar-refractivity contribution in [3.8, 4) is 0 Å². The van der Waals surface area contributed by atoms with Crippen LogP contribution in [0.2, 0.25) is 0 Å². The smallest absolute Gasteiger partial charge is 0.132 e. The van der Waals surface area contributed by atoms with Gasteiger partial charge in [0, 0.05) is 24.7 Å². The van der Waals surface area contributed by atoms with E-state index >= 15 is 0 Å². The first kappa shape index (κ1) is 11.9. The molecule has 0 bridgehead atoms. The van der Waals surface area contributed by atoms with Gasteiger partial charge < -0.3 is 10.0 Å². The Hall–Kier alpha value is -1.16. The molecule has 2 fully saturated rings. The van der Waals surface area contributed by atoms with Crippen LogP contribution in [0.25, 0.3) is 0 Å². The minimum atomic E-state index is 0.122. The van der Waals surface area contributed by atoms with Crippen molar-refractivity contribution in [3.05, 3.63) is 18.1 Å². The van der Waals surface area contributed by atoms with Crippen molar-refractivity contribution in [1.82, 2.24) is 9.97 Å². The van der Waals surface area contributed by atoms with Crippen molar-refractivity contribution < 1.29 is 5.11 Å². The monoisotopic (exact) mass is 247 g/mol. The van der Waals surface area contributed by atoms with Gasteiger partial charge in [-0.1, -0.05) is 12.8 Å². The second-order valence-corrected chi connectivity index (χ2v) is 5.81. The van der Waals surface area contributed by atoms with Crippen LogP contribution in [0.15, 0.2) is 12.3 Å². The molecule has 0 spiro atoms. The molecule has 1 aromatic heterocycles. The van der Waals surface area contributed by atoms with Crippen LogP contribution in [0.1, 0.15) is 31.5 Å². The maximum atomic E-state index is 9.81. The minimum Gasteiger partial charge on any atom is -0.396 e. The molecule has 4 heteroatoms. The summed E-state index contributed by atoms with van der Waals surface area (Å²) < 4.78 is 0. The van der Waals surface area contributed by atoms with Gasteiger partial charge >= 0.3 is 0 Å². The van der Waals surface area contributed by atoms with Crippen LogP contribution in [0.4, 0.5) is 5.82 Å². The van der Waals surface area contributed by atoms with E-state index in [9.17, 15) is 5.11 Å². The first-order chi connectivity index (χ1) is 8.73. The van der Waals surface area contributed by atoms with Crippen LogP contribution < -0.4 is 4.90 Å². The lowest BCUT2D eigenvalue weighted by Crippen LogP contribution is -2.37. The zero-order valence-electron chi connectivity index (χ0n) is 11.0. The zero-order chi connectivity index (χ0) is 12.6. The number of aliphatic hydroxyl groups is 1. The van der Waals surface area contributed by atoms with Gasteiger partial charge in [0.05, 0.1) is 6.61 Å². The number of hydrogen-bond donors (Lipinski definition) is 1. The molecule has 0 aromatic carbocycles. The molecule has 2 atom stereocenters. The van der Waals surface area contributed by atoms with Crippen molar-refractivity contribution in [3.63, 3.8) is 0 Å². The van der Waals surface area contributed by atoms with Gasteiger partial charge in [0.15, 0.2) is 0 Å². The third kappa shape index (κ3) is 1.88. The van der Waals surface area contributed by atoms with Gasteiger partial charge in [0.2, 0.25) is 0 Å². The third-order valence-corrected chi connectivity index (χ3v) is 4.69. The van der Waals surface area contributed by atoms with Crippen molar-refractivity contribution in [1.29, 1.82) is 0 Å². The molecule has 1 aliphatic carbocycles. The average Bonchev–Trinajstić information content (AvgIpc) is 2.79. The molecule has 1 saturated heterocycles. The van der Waals surface area contributed by atoms with Gasteiger partial charge in [-0.2, -0.15) is 0 Å². The Balaban J connectivity index is 1.85. The Labute approximate surface area is 108 Å². The van der Waals surface area contributed by atoms with E-state index in [1.807, 2.05) is 19.2 Å². The van der Waals surface area contributed by atoms with Gasteiger partial charge in [-0.3, -0.25) is 0 Å². The highest BCUT2D eigenvalue weighted by molar-refractivity contribution is 5.40. The van der Waals surface area contributed by atoms with Crippen molar-refractivity contribution in [2.45, 2.75) is 32.6 Å². The van der Waals surface area contributed by atoms with Gasteiger partial charge in [-0.15, -0.1) is 0 Å². The Morgan fingerprint density at radius 2 is 2.39 bits per heavy atom. The lowest BCUT2D eigenvalue weighted by Gasteiger charge is -2.36. The topological polar surface area (TPSA) is 49.2 Å². The van der Waals surface area contributed by atoms with E-state index in [0.29, 0.717) is 12.5 Å². The number of aryl methyl sites for hydroxylation is 1. The summed E-state index contributed by atoms with van der Waals surface area (Å²) in [5.41, 5.74) is 0.122. The molecule has 98 valence electrons. The highest BCUT2D eigenvalue weighted by atomic mass is 16.3. The van der Waals surface area contributed by atoms with Crippen LogP contribution in [0.5, 0.6) is 0 Å². The average molecular weight is 247 g/mol. The molecule has 2 heterocycles. The summed E-state index contributed by atoms with van der Waals surface area (Å²) in [6.45, 7) is 4.23. The molecule has 4 nitrogen and oxygen atoms in total. The van der Waals surface area contributed by atoms with Crippen LogP contribution in [0.3, 0.4) is 0 Å². The Morgan fingerprint density at radius 3 is 3.11 bits per heavy atom. The van der Waals surface area contributed by atoms with E-state index in [2.05, 4.69) is 14.9 Å². The van der Waals surface area contributed by atoms with Gasteiger partial charge in [0.1, 0.15) is 11.6 Å².